The predicted molar refractivity (Wildman–Crippen MR) is 250 cm³/mol. The summed E-state index contributed by atoms with van der Waals surface area (Å²) < 4.78 is 11.0. The van der Waals surface area contributed by atoms with Gasteiger partial charge in [0.05, 0.1) is 35.1 Å². The van der Waals surface area contributed by atoms with Crippen LogP contribution in [-0.2, 0) is 38.2 Å². The van der Waals surface area contributed by atoms with Crippen LogP contribution in [0.3, 0.4) is 0 Å². The van der Waals surface area contributed by atoms with Crippen LogP contribution in [0.1, 0.15) is 171 Å². The third-order valence-corrected chi connectivity index (χ3v) is 11.9. The number of amides is 2. The van der Waals surface area contributed by atoms with Crippen molar-refractivity contribution in [3.63, 3.8) is 0 Å². The van der Waals surface area contributed by atoms with Crippen LogP contribution < -0.4 is 16.0 Å². The number of phenolic OH excluding ortho intramolecular Hbond substituents is 2. The number of hydrogen-bond acceptors (Lipinski definition) is 13. The number of phenols is 2. The number of Topliss-reactive ketones (excluding diaryl/α,β-unsaturated/α-hetero) is 2. The molecule has 3 rings (SSSR count). The molecule has 66 heavy (non-hydrogen) atoms. The van der Waals surface area contributed by atoms with Crippen LogP contribution in [0.2, 0.25) is 0 Å². The number of aromatic hydroxyl groups is 2. The zero-order chi connectivity index (χ0) is 49.8. The summed E-state index contributed by atoms with van der Waals surface area (Å²) in [5.74, 6) is -7.43. The summed E-state index contributed by atoms with van der Waals surface area (Å²) in [7, 11) is 0. The Morgan fingerprint density at radius 3 is 1.79 bits per heavy atom. The maximum atomic E-state index is 14.2. The van der Waals surface area contributed by atoms with Crippen LogP contribution in [0.4, 0.5) is 5.69 Å². The van der Waals surface area contributed by atoms with E-state index in [2.05, 4.69) is 16.0 Å². The second-order valence-electron chi connectivity index (χ2n) is 20.0. The molecule has 2 aromatic carbocycles. The molecule has 364 valence electrons. The van der Waals surface area contributed by atoms with E-state index in [0.29, 0.717) is 43.5 Å². The van der Waals surface area contributed by atoms with Gasteiger partial charge in [-0.1, -0.05) is 47.1 Å². The normalized spacial score (nSPS) is 14.8. The Balaban J connectivity index is 1.70. The number of benzene rings is 2. The monoisotopic (exact) mass is 920 g/mol. The van der Waals surface area contributed by atoms with Crippen molar-refractivity contribution in [1.29, 1.82) is 0 Å². The van der Waals surface area contributed by atoms with Gasteiger partial charge in [-0.2, -0.15) is 0 Å². The molecule has 0 saturated carbocycles. The molecule has 1 unspecified atom stereocenters. The van der Waals surface area contributed by atoms with Crippen molar-refractivity contribution < 1.29 is 58.0 Å². The smallest absolute Gasteiger partial charge is 0.307 e. The lowest BCUT2D eigenvalue weighted by atomic mass is 9.80. The van der Waals surface area contributed by atoms with E-state index in [4.69, 9.17) is 9.47 Å². The van der Waals surface area contributed by atoms with Crippen LogP contribution >= 0.6 is 0 Å². The molecule has 15 heteroatoms. The van der Waals surface area contributed by atoms with Gasteiger partial charge >= 0.3 is 11.9 Å². The molecule has 15 nitrogen and oxygen atoms in total. The Labute approximate surface area is 389 Å². The number of ether oxygens (including phenoxy) is 2. The van der Waals surface area contributed by atoms with E-state index in [1.807, 2.05) is 20.8 Å². The average Bonchev–Trinajstić information content (AvgIpc) is 3.21. The fraction of sp³-hybridized carbons (Fsp3) is 0.608. The molecule has 2 aromatic rings. The van der Waals surface area contributed by atoms with Crippen LogP contribution in [0.15, 0.2) is 24.3 Å². The van der Waals surface area contributed by atoms with E-state index >= 15 is 0 Å². The largest absolute Gasteiger partial charge is 0.507 e. The molecule has 1 aliphatic carbocycles. The highest BCUT2D eigenvalue weighted by Gasteiger charge is 2.38. The highest BCUT2D eigenvalue weighted by molar-refractivity contribution is 6.32. The number of aryl methyl sites for hydroxylation is 1. The third-order valence-electron chi connectivity index (χ3n) is 11.9. The van der Waals surface area contributed by atoms with E-state index in [1.54, 1.807) is 62.3 Å². The summed E-state index contributed by atoms with van der Waals surface area (Å²) in [6.45, 7) is 21.8. The molecule has 0 spiro atoms. The van der Waals surface area contributed by atoms with Gasteiger partial charge in [0.25, 0.3) is 0 Å². The van der Waals surface area contributed by atoms with Crippen molar-refractivity contribution >= 4 is 52.6 Å². The molecule has 0 radical (unpaired) electrons. The summed E-state index contributed by atoms with van der Waals surface area (Å²) in [6, 6.07) is 4.68. The van der Waals surface area contributed by atoms with Gasteiger partial charge in [-0.3, -0.25) is 38.4 Å². The Hall–Kier alpha value is -5.60. The first kappa shape index (κ1) is 54.7. The number of anilines is 1. The quantitative estimate of drug-likeness (QED) is 0.0330. The fourth-order valence-corrected chi connectivity index (χ4v) is 7.75. The van der Waals surface area contributed by atoms with E-state index < -0.39 is 70.2 Å². The van der Waals surface area contributed by atoms with Crippen molar-refractivity contribution in [1.82, 2.24) is 10.6 Å². The Morgan fingerprint density at radius 1 is 0.652 bits per heavy atom. The van der Waals surface area contributed by atoms with Gasteiger partial charge in [-0.25, -0.2) is 0 Å². The van der Waals surface area contributed by atoms with Gasteiger partial charge in [0.2, 0.25) is 11.8 Å². The second kappa shape index (κ2) is 23.7. The molecule has 1 aliphatic rings. The molecule has 0 bridgehead atoms. The Morgan fingerprint density at radius 2 is 1.20 bits per heavy atom. The van der Waals surface area contributed by atoms with Gasteiger partial charge < -0.3 is 35.6 Å². The molecule has 0 aromatic heterocycles. The first-order valence-corrected chi connectivity index (χ1v) is 23.3. The first-order valence-electron chi connectivity index (χ1n) is 23.3. The molecule has 0 fully saturated rings. The number of carbonyl (C=O) groups excluding carboxylic acids is 8. The highest BCUT2D eigenvalue weighted by Crippen LogP contribution is 2.41. The van der Waals surface area contributed by atoms with Crippen molar-refractivity contribution in [3.8, 4) is 11.5 Å². The fourth-order valence-electron chi connectivity index (χ4n) is 7.75. The zero-order valence-electron chi connectivity index (χ0n) is 41.0. The SMILES string of the molecule is CCC(C)[C@H](NC(=O)[C@H](CCC(=O)OC(C)(C)C)CC(=O)[C@@H](C)C(C)C)C(=O)C[C@@H](CC(=O)OC(C)(C)C)C(=O)NCCCCCNc1ccc(O)c2c1C(=O)c1c(O)ccc(C)c1C2=O. The number of nitrogens with one attached hydrogen (secondary N) is 3. The van der Waals surface area contributed by atoms with Crippen LogP contribution in [0, 0.1) is 36.5 Å². The maximum absolute atomic E-state index is 14.2. The van der Waals surface area contributed by atoms with E-state index in [-0.39, 0.29) is 95.9 Å². The second-order valence-corrected chi connectivity index (χ2v) is 20.0. The molecular formula is C51H73N3O12. The van der Waals surface area contributed by atoms with Crippen LogP contribution in [0.5, 0.6) is 11.5 Å². The lowest BCUT2D eigenvalue weighted by molar-refractivity contribution is -0.158. The van der Waals surface area contributed by atoms with Crippen molar-refractivity contribution in [2.75, 3.05) is 18.4 Å². The van der Waals surface area contributed by atoms with Gasteiger partial charge in [0.1, 0.15) is 28.5 Å². The number of carbonyl (C=O) groups is 8. The average molecular weight is 920 g/mol. The van der Waals surface area contributed by atoms with Crippen molar-refractivity contribution in [2.24, 2.45) is 29.6 Å². The number of rotatable bonds is 24. The molecule has 0 saturated heterocycles. The standard InChI is InChI=1S/C51H73N3O12/c1-13-29(4)45(54-49(64)32(25-37(57)31(6)28(2)3)18-22-39(59)65-50(7,8)9)38(58)26-33(27-40(60)66-51(10,11)12)48(63)53-24-16-14-15-23-52-34-19-21-36(56)44-42(34)47(62)43-35(55)20-17-30(5)41(43)46(44)61/h17,19-21,28-29,31-33,45,52,55-56H,13-16,18,22-27H2,1-12H3,(H,53,63)(H,54,64)/t29?,31-,32+,33-,45-/m0/s1. The topological polar surface area (TPSA) is 232 Å². The van der Waals surface area contributed by atoms with Gasteiger partial charge in [0, 0.05) is 55.4 Å². The van der Waals surface area contributed by atoms with Crippen molar-refractivity contribution in [3.05, 3.63) is 52.1 Å². The van der Waals surface area contributed by atoms with E-state index in [1.165, 1.54) is 24.3 Å². The lowest BCUT2D eigenvalue weighted by Gasteiger charge is -2.28. The number of esters is 2. The van der Waals surface area contributed by atoms with Crippen LogP contribution in [-0.4, -0.2) is 87.4 Å². The van der Waals surface area contributed by atoms with E-state index in [0.717, 1.165) is 0 Å². The molecule has 5 atom stereocenters. The third kappa shape index (κ3) is 15.5. The van der Waals surface area contributed by atoms with E-state index in [9.17, 15) is 48.6 Å². The Bertz CT molecular complexity index is 2130. The minimum absolute atomic E-state index is 0.0224. The summed E-state index contributed by atoms with van der Waals surface area (Å²) in [5, 5.41) is 30.0. The number of unbranched alkanes of at least 4 members (excludes halogenated alkanes) is 2. The summed E-state index contributed by atoms with van der Waals surface area (Å²) in [6.07, 6.45) is 1.20. The minimum atomic E-state index is -1.12. The van der Waals surface area contributed by atoms with Gasteiger partial charge in [0.15, 0.2) is 17.3 Å². The summed E-state index contributed by atoms with van der Waals surface area (Å²) in [5.41, 5.74) is -0.971. The van der Waals surface area contributed by atoms with Crippen LogP contribution in [0.25, 0.3) is 0 Å². The first-order chi connectivity index (χ1) is 30.7. The number of hydrogen-bond donors (Lipinski definition) is 5. The molecule has 0 heterocycles. The lowest BCUT2D eigenvalue weighted by Crippen LogP contribution is -2.49. The summed E-state index contributed by atoms with van der Waals surface area (Å²) >= 11 is 0. The molecule has 2 amide bonds. The molecular weight excluding hydrogens is 847 g/mol. The van der Waals surface area contributed by atoms with Gasteiger partial charge in [-0.15, -0.1) is 0 Å². The molecule has 5 N–H and O–H groups in total. The van der Waals surface area contributed by atoms with Gasteiger partial charge in [-0.05, 0) is 110 Å². The van der Waals surface area contributed by atoms with Crippen molar-refractivity contribution in [2.45, 2.75) is 158 Å². The zero-order valence-corrected chi connectivity index (χ0v) is 41.0. The highest BCUT2D eigenvalue weighted by atomic mass is 16.6. The maximum Gasteiger partial charge on any atom is 0.307 e. The number of ketones is 4. The summed E-state index contributed by atoms with van der Waals surface area (Å²) in [4.78, 5) is 108. The minimum Gasteiger partial charge on any atom is -0.507 e. The predicted octanol–water partition coefficient (Wildman–Crippen LogP) is 7.71. The number of fused-ring (bicyclic) bond motifs is 2. The molecule has 0 aliphatic heterocycles. The Kier molecular flexibility index (Phi) is 19.7.